The molecule has 1 aliphatic rings. The molecule has 0 saturated carbocycles. The van der Waals surface area contributed by atoms with Crippen molar-refractivity contribution in [3.8, 4) is 22.6 Å². The molecule has 0 bridgehead atoms. The second-order valence-electron chi connectivity index (χ2n) is 15.0. The zero-order chi connectivity index (χ0) is 38.8. The molecule has 7 aromatic rings. The molecule has 5 nitrogen and oxygen atoms in total. The van der Waals surface area contributed by atoms with Gasteiger partial charge >= 0.3 is 0 Å². The normalized spacial score (nSPS) is 16.1. The van der Waals surface area contributed by atoms with Gasteiger partial charge in [0.15, 0.2) is 0 Å². The van der Waals surface area contributed by atoms with Gasteiger partial charge in [0.1, 0.15) is 0 Å². The smallest absolute Gasteiger partial charge is 0.216 e. The summed E-state index contributed by atoms with van der Waals surface area (Å²) in [5.74, 6) is 1.01. The molecule has 3 aromatic carbocycles. The first kappa shape index (κ1) is 29.4. The van der Waals surface area contributed by atoms with Crippen LogP contribution >= 0.6 is 0 Å². The second kappa shape index (κ2) is 13.7. The molecule has 0 aliphatic carbocycles. The van der Waals surface area contributed by atoms with Crippen LogP contribution in [0.5, 0.6) is 0 Å². The van der Waals surface area contributed by atoms with Gasteiger partial charge in [-0.1, -0.05) is 82.3 Å². The third-order valence-electron chi connectivity index (χ3n) is 8.43. The van der Waals surface area contributed by atoms with Crippen LogP contribution in [-0.2, 0) is 32.9 Å². The SMILES string of the molecule is CC1C=Cc2c(CC(C)(C)C)ccc3nc(-c4[c-]cccc4)n1c23.[2H]C([2H])([2H])c1ccc2c(n1)oc1c(-c3cc(C([2H])([2H])C(C)(C)C)ccn3)[c-]ccc12.[Ir]. The molecule has 0 fully saturated rings. The average molecular weight is 842 g/mol. The van der Waals surface area contributed by atoms with Gasteiger partial charge in [-0.05, 0) is 72.9 Å². The Morgan fingerprint density at radius 3 is 2.50 bits per heavy atom. The Morgan fingerprint density at radius 2 is 1.76 bits per heavy atom. The first-order chi connectivity index (χ1) is 25.3. The van der Waals surface area contributed by atoms with E-state index in [1.807, 2.05) is 45.0 Å². The van der Waals surface area contributed by atoms with Gasteiger partial charge in [0.25, 0.3) is 0 Å². The number of rotatable bonds is 4. The summed E-state index contributed by atoms with van der Waals surface area (Å²) >= 11 is 0. The summed E-state index contributed by atoms with van der Waals surface area (Å²) in [6, 6.07) is 29.4. The first-order valence-corrected chi connectivity index (χ1v) is 16.7. The van der Waals surface area contributed by atoms with E-state index in [-0.39, 0.29) is 36.9 Å². The summed E-state index contributed by atoms with van der Waals surface area (Å²) in [5, 5.41) is 1.48. The molecule has 1 radical (unpaired) electrons. The first-order valence-electron chi connectivity index (χ1n) is 19.2. The van der Waals surface area contributed by atoms with Crippen molar-refractivity contribution in [2.45, 2.75) is 74.2 Å². The van der Waals surface area contributed by atoms with Crippen molar-refractivity contribution in [2.75, 3.05) is 0 Å². The van der Waals surface area contributed by atoms with Crippen molar-refractivity contribution < 1.29 is 31.4 Å². The number of imidazole rings is 1. The summed E-state index contributed by atoms with van der Waals surface area (Å²) in [6.07, 6.45) is 5.64. The number of benzene rings is 3. The van der Waals surface area contributed by atoms with Crippen molar-refractivity contribution >= 4 is 39.2 Å². The van der Waals surface area contributed by atoms with Crippen LogP contribution < -0.4 is 0 Å². The van der Waals surface area contributed by atoms with Crippen molar-refractivity contribution in [3.63, 3.8) is 0 Å². The minimum Gasteiger partial charge on any atom is -0.486 e. The van der Waals surface area contributed by atoms with E-state index >= 15 is 0 Å². The van der Waals surface area contributed by atoms with E-state index in [0.717, 1.165) is 28.7 Å². The zero-order valence-electron chi connectivity index (χ0n) is 34.5. The summed E-state index contributed by atoms with van der Waals surface area (Å²) in [4.78, 5) is 13.5. The van der Waals surface area contributed by atoms with E-state index in [1.54, 1.807) is 30.5 Å². The molecule has 1 aliphatic heterocycles. The van der Waals surface area contributed by atoms with Crippen molar-refractivity contribution in [3.05, 3.63) is 120 Å². The van der Waals surface area contributed by atoms with Gasteiger partial charge in [-0.25, -0.2) is 4.98 Å². The van der Waals surface area contributed by atoms with Crippen LogP contribution in [0.2, 0.25) is 0 Å². The maximum atomic E-state index is 8.55. The Kier molecular flexibility index (Phi) is 8.06. The van der Waals surface area contributed by atoms with E-state index < -0.39 is 18.6 Å². The standard InChI is InChI=1S/C22H21N2O.C22H23N2.Ir/c1-14-8-9-17-16-6-5-7-18(20(16)25-21(17)24-14)19-12-15(10-11-23-19)13-22(2,3)4;1-15-10-12-18-17(14-22(2,3)4)11-13-19-20(18)24(15)21(23-19)16-8-6-5-7-9-16;/h5-6,8-12H,13H2,1-4H3;5-8,10-13,15H,14H2,1-4H3;/q2*-1;/i1D3,13D2;;. The van der Waals surface area contributed by atoms with Crippen molar-refractivity contribution in [1.29, 1.82) is 0 Å². The molecule has 0 amide bonds. The van der Waals surface area contributed by atoms with Gasteiger partial charge < -0.3 is 14.0 Å². The molecule has 5 heterocycles. The number of hydrogen-bond acceptors (Lipinski definition) is 4. The third kappa shape index (κ3) is 7.24. The molecule has 1 unspecified atom stereocenters. The minimum atomic E-state index is -2.32. The van der Waals surface area contributed by atoms with E-state index in [4.69, 9.17) is 16.3 Å². The van der Waals surface area contributed by atoms with Gasteiger partial charge in [0.2, 0.25) is 5.71 Å². The number of furan rings is 1. The molecule has 0 spiro atoms. The fourth-order valence-electron chi connectivity index (χ4n) is 6.50. The predicted octanol–water partition coefficient (Wildman–Crippen LogP) is 11.4. The van der Waals surface area contributed by atoms with Gasteiger partial charge in [-0.2, -0.15) is 0 Å². The van der Waals surface area contributed by atoms with Crippen LogP contribution in [0.15, 0.2) is 89.5 Å². The summed E-state index contributed by atoms with van der Waals surface area (Å²) in [6.45, 7) is 12.3. The van der Waals surface area contributed by atoms with E-state index in [1.165, 1.54) is 22.7 Å². The number of allylic oxidation sites excluding steroid dienone is 1. The molecular weight excluding hydrogens is 793 g/mol. The second-order valence-corrected chi connectivity index (χ2v) is 15.0. The average Bonchev–Trinajstić information content (AvgIpc) is 3.69. The van der Waals surface area contributed by atoms with E-state index in [9.17, 15) is 0 Å². The number of hydrogen-bond donors (Lipinski definition) is 0. The quantitative estimate of drug-likeness (QED) is 0.166. The van der Waals surface area contributed by atoms with Crippen molar-refractivity contribution in [2.24, 2.45) is 10.8 Å². The molecule has 1 atom stereocenters. The molecular formula is C44H44IrN4O-2. The number of aryl methyl sites for hydroxylation is 1. The molecule has 0 saturated heterocycles. The molecule has 6 heteroatoms. The van der Waals surface area contributed by atoms with Crippen LogP contribution in [0.1, 0.15) is 83.7 Å². The zero-order valence-corrected chi connectivity index (χ0v) is 31.9. The van der Waals surface area contributed by atoms with Gasteiger partial charge in [0, 0.05) is 55.8 Å². The molecule has 50 heavy (non-hydrogen) atoms. The molecule has 4 aromatic heterocycles. The summed E-state index contributed by atoms with van der Waals surface area (Å²) in [7, 11) is 0. The Morgan fingerprint density at radius 1 is 0.920 bits per heavy atom. The maximum Gasteiger partial charge on any atom is 0.216 e. The molecule has 257 valence electrons. The fraction of sp³-hybridized carbons (Fsp3) is 0.295. The predicted molar refractivity (Wildman–Crippen MR) is 202 cm³/mol. The van der Waals surface area contributed by atoms with Crippen molar-refractivity contribution in [1.82, 2.24) is 19.5 Å². The minimum absolute atomic E-state index is 0. The monoisotopic (exact) mass is 842 g/mol. The maximum absolute atomic E-state index is 8.55. The Hall–Kier alpha value is -4.38. The molecule has 8 rings (SSSR count). The number of fused-ring (bicyclic) bond motifs is 3. The van der Waals surface area contributed by atoms with Crippen LogP contribution in [0.3, 0.4) is 0 Å². The van der Waals surface area contributed by atoms with Gasteiger partial charge in [0.05, 0.1) is 22.4 Å². The largest absolute Gasteiger partial charge is 0.486 e. The van der Waals surface area contributed by atoms with E-state index in [0.29, 0.717) is 33.8 Å². The Balaban J connectivity index is 0.000000188. The summed E-state index contributed by atoms with van der Waals surface area (Å²) < 4.78 is 48.1. The molecule has 0 N–H and O–H groups in total. The Labute approximate surface area is 316 Å². The van der Waals surface area contributed by atoms with Crippen LogP contribution in [-0.4, -0.2) is 19.5 Å². The van der Waals surface area contributed by atoms with Crippen LogP contribution in [0.25, 0.3) is 61.8 Å². The van der Waals surface area contributed by atoms with E-state index in [2.05, 4.69) is 84.7 Å². The third-order valence-corrected chi connectivity index (χ3v) is 8.43. The summed E-state index contributed by atoms with van der Waals surface area (Å²) in [5.41, 5.74) is 8.11. The fourth-order valence-corrected chi connectivity index (χ4v) is 6.50. The number of aromatic nitrogens is 4. The topological polar surface area (TPSA) is 56.7 Å². The van der Waals surface area contributed by atoms with Crippen LogP contribution in [0.4, 0.5) is 0 Å². The van der Waals surface area contributed by atoms with Crippen LogP contribution in [0, 0.1) is 29.8 Å². The van der Waals surface area contributed by atoms with Gasteiger partial charge in [-0.3, -0.25) is 4.98 Å². The Bertz CT molecular complexity index is 2540. The number of pyridine rings is 2. The number of nitrogens with zero attached hydrogens (tertiary/aromatic N) is 4. The van der Waals surface area contributed by atoms with Gasteiger partial charge in [-0.15, -0.1) is 54.1 Å².